The van der Waals surface area contributed by atoms with Crippen molar-refractivity contribution in [3.8, 4) is 0 Å². The summed E-state index contributed by atoms with van der Waals surface area (Å²) in [6.07, 6.45) is 11.3. The summed E-state index contributed by atoms with van der Waals surface area (Å²) in [6.45, 7) is 0. The maximum Gasteiger partial charge on any atom is 0.341 e. The van der Waals surface area contributed by atoms with E-state index in [0.717, 1.165) is 25.3 Å². The van der Waals surface area contributed by atoms with Gasteiger partial charge in [0.25, 0.3) is 0 Å². The quantitative estimate of drug-likeness (QED) is 0.141. The van der Waals surface area contributed by atoms with Gasteiger partial charge in [-0.3, -0.25) is 0 Å². The monoisotopic (exact) mass is 404 g/mol. The van der Waals surface area contributed by atoms with Gasteiger partial charge in [-0.15, -0.1) is 33.2 Å². The van der Waals surface area contributed by atoms with Gasteiger partial charge in [-0.2, -0.15) is 0 Å². The minimum Gasteiger partial charge on any atom is -0.126 e. The average Bonchev–Trinajstić information content (AvgIpc) is 2.22. The molecule has 0 aliphatic carbocycles. The van der Waals surface area contributed by atoms with E-state index < -0.39 is 9.80 Å². The Bertz CT molecular complexity index is 189. The standard InChI is InChI=1S/C12H22Cl6Si/c13-12(14,15)10-8-6-4-2-1-3-5-7-9-11-19(16,17)18/h1-11H2. The fraction of sp³-hybridized carbons (Fsp3) is 1.00. The molecule has 0 aliphatic heterocycles. The Balaban J connectivity index is 3.12. The number of alkyl halides is 3. The normalized spacial score (nSPS) is 12.9. The number of hydrogen-bond acceptors (Lipinski definition) is 0. The largest absolute Gasteiger partial charge is 0.341 e. The van der Waals surface area contributed by atoms with Crippen LogP contribution in [0, 0.1) is 0 Å². The van der Waals surface area contributed by atoms with Crippen molar-refractivity contribution in [2.75, 3.05) is 0 Å². The van der Waals surface area contributed by atoms with Gasteiger partial charge in [0.15, 0.2) is 3.79 Å². The first-order valence-corrected chi connectivity index (χ1v) is 13.2. The number of rotatable bonds is 11. The summed E-state index contributed by atoms with van der Waals surface area (Å²) < 4.78 is -1.08. The van der Waals surface area contributed by atoms with Gasteiger partial charge in [0.05, 0.1) is 0 Å². The van der Waals surface area contributed by atoms with Crippen molar-refractivity contribution in [1.82, 2.24) is 0 Å². The van der Waals surface area contributed by atoms with E-state index in [9.17, 15) is 0 Å². The predicted octanol–water partition coefficient (Wildman–Crippen LogP) is 7.91. The van der Waals surface area contributed by atoms with Crippen LogP contribution in [0.2, 0.25) is 6.04 Å². The van der Waals surface area contributed by atoms with E-state index in [1.807, 2.05) is 0 Å². The van der Waals surface area contributed by atoms with E-state index in [0.29, 0.717) is 6.42 Å². The van der Waals surface area contributed by atoms with Crippen molar-refractivity contribution < 1.29 is 0 Å². The molecular weight excluding hydrogens is 385 g/mol. The molecule has 0 spiro atoms. The van der Waals surface area contributed by atoms with E-state index in [4.69, 9.17) is 68.0 Å². The fourth-order valence-corrected chi connectivity index (χ4v) is 4.14. The number of hydrogen-bond donors (Lipinski definition) is 0. The third-order valence-electron chi connectivity index (χ3n) is 2.92. The topological polar surface area (TPSA) is 0 Å². The van der Waals surface area contributed by atoms with Crippen LogP contribution >= 0.6 is 68.0 Å². The first-order chi connectivity index (χ1) is 8.71. The molecule has 0 amide bonds. The van der Waals surface area contributed by atoms with Crippen molar-refractivity contribution in [3.05, 3.63) is 0 Å². The molecule has 0 rings (SSSR count). The second-order valence-electron chi connectivity index (χ2n) is 4.91. The highest BCUT2D eigenvalue weighted by atomic mass is 35.8. The van der Waals surface area contributed by atoms with Crippen LogP contribution in [0.5, 0.6) is 0 Å². The van der Waals surface area contributed by atoms with Crippen LogP contribution in [0.3, 0.4) is 0 Å². The molecule has 0 atom stereocenters. The molecule has 7 heteroatoms. The number of halogens is 6. The van der Waals surface area contributed by atoms with Crippen LogP contribution in [0.4, 0.5) is 0 Å². The van der Waals surface area contributed by atoms with Gasteiger partial charge in [-0.25, -0.2) is 0 Å². The van der Waals surface area contributed by atoms with Crippen molar-refractivity contribution in [2.45, 2.75) is 74.0 Å². The minimum atomic E-state index is -2.38. The first kappa shape index (κ1) is 21.0. The Labute approximate surface area is 147 Å². The van der Waals surface area contributed by atoms with Crippen LogP contribution in [-0.2, 0) is 0 Å². The van der Waals surface area contributed by atoms with E-state index in [2.05, 4.69) is 0 Å². The van der Waals surface area contributed by atoms with Crippen LogP contribution in [0.1, 0.15) is 64.2 Å². The zero-order valence-corrected chi connectivity index (χ0v) is 16.6. The fourth-order valence-electron chi connectivity index (χ4n) is 1.89. The van der Waals surface area contributed by atoms with Crippen molar-refractivity contribution in [3.63, 3.8) is 0 Å². The minimum absolute atomic E-state index is 0.651. The lowest BCUT2D eigenvalue weighted by Crippen LogP contribution is -2.07. The van der Waals surface area contributed by atoms with Gasteiger partial charge >= 0.3 is 6.00 Å². The molecule has 0 bridgehead atoms. The van der Waals surface area contributed by atoms with Crippen molar-refractivity contribution >= 4 is 74.0 Å². The van der Waals surface area contributed by atoms with Gasteiger partial charge < -0.3 is 0 Å². The molecule has 0 saturated heterocycles. The first-order valence-electron chi connectivity index (χ1n) is 6.84. The molecule has 0 aromatic carbocycles. The third-order valence-corrected chi connectivity index (χ3v) is 6.11. The summed E-state index contributed by atoms with van der Waals surface area (Å²) >= 11 is 34.5. The Morgan fingerprint density at radius 1 is 0.579 bits per heavy atom. The van der Waals surface area contributed by atoms with Crippen LogP contribution in [0.25, 0.3) is 0 Å². The second-order valence-corrected chi connectivity index (χ2v) is 16.7. The lowest BCUT2D eigenvalue weighted by molar-refractivity contribution is 0.558. The Kier molecular flexibility index (Phi) is 12.7. The molecule has 0 unspecified atom stereocenters. The summed E-state index contributed by atoms with van der Waals surface area (Å²) in [5, 5.41) is 0. The molecule has 0 nitrogen and oxygen atoms in total. The molecular formula is C12H22Cl6Si. The van der Waals surface area contributed by atoms with Crippen molar-refractivity contribution in [2.24, 2.45) is 0 Å². The lowest BCUT2D eigenvalue weighted by atomic mass is 10.1. The maximum absolute atomic E-state index is 5.82. The van der Waals surface area contributed by atoms with Gasteiger partial charge in [-0.1, -0.05) is 86.2 Å². The lowest BCUT2D eigenvalue weighted by Gasteiger charge is -2.09. The molecule has 0 aliphatic rings. The zero-order chi connectivity index (χ0) is 14.8. The molecule has 19 heavy (non-hydrogen) atoms. The molecule has 0 N–H and O–H groups in total. The molecule has 0 heterocycles. The molecule has 0 aromatic rings. The molecule has 0 saturated carbocycles. The Morgan fingerprint density at radius 3 is 1.32 bits per heavy atom. The average molecular weight is 407 g/mol. The molecule has 116 valence electrons. The smallest absolute Gasteiger partial charge is 0.126 e. The van der Waals surface area contributed by atoms with Gasteiger partial charge in [0.2, 0.25) is 0 Å². The highest BCUT2D eigenvalue weighted by Crippen LogP contribution is 2.32. The Hall–Kier alpha value is 1.96. The van der Waals surface area contributed by atoms with Crippen LogP contribution < -0.4 is 0 Å². The van der Waals surface area contributed by atoms with Gasteiger partial charge in [0.1, 0.15) is 0 Å². The summed E-state index contributed by atoms with van der Waals surface area (Å²) in [5.74, 6) is 0. The molecule has 0 radical (unpaired) electrons. The SMILES string of the molecule is ClC(Cl)(Cl)CCCCCCCCCCC[Si](Cl)(Cl)Cl. The third kappa shape index (κ3) is 20.0. The zero-order valence-electron chi connectivity index (χ0n) is 11.0. The maximum atomic E-state index is 5.82. The summed E-state index contributed by atoms with van der Waals surface area (Å²) in [7, 11) is 0. The molecule has 0 aromatic heterocycles. The van der Waals surface area contributed by atoms with Gasteiger partial charge in [0, 0.05) is 0 Å². The second kappa shape index (κ2) is 11.5. The number of unbranched alkanes of at least 4 members (excludes halogenated alkanes) is 8. The van der Waals surface area contributed by atoms with E-state index in [1.54, 1.807) is 0 Å². The van der Waals surface area contributed by atoms with Gasteiger partial charge in [-0.05, 0) is 18.9 Å². The van der Waals surface area contributed by atoms with E-state index >= 15 is 0 Å². The van der Waals surface area contributed by atoms with Crippen molar-refractivity contribution in [1.29, 1.82) is 0 Å². The highest BCUT2D eigenvalue weighted by molar-refractivity contribution is 7.64. The van der Waals surface area contributed by atoms with Crippen LogP contribution in [-0.4, -0.2) is 9.80 Å². The molecule has 0 fully saturated rings. The highest BCUT2D eigenvalue weighted by Gasteiger charge is 2.23. The van der Waals surface area contributed by atoms with E-state index in [1.165, 1.54) is 38.5 Å². The Morgan fingerprint density at radius 2 is 0.947 bits per heavy atom. The van der Waals surface area contributed by atoms with Crippen LogP contribution in [0.15, 0.2) is 0 Å². The summed E-state index contributed by atoms with van der Waals surface area (Å²) in [5.41, 5.74) is 0. The predicted molar refractivity (Wildman–Crippen MR) is 94.6 cm³/mol. The summed E-state index contributed by atoms with van der Waals surface area (Å²) in [4.78, 5) is 0. The van der Waals surface area contributed by atoms with E-state index in [-0.39, 0.29) is 0 Å². The summed E-state index contributed by atoms with van der Waals surface area (Å²) in [6, 6.07) is -1.59.